The molecule has 0 saturated heterocycles. The molecule has 1 aromatic rings. The number of aromatic hydroxyl groups is 2. The van der Waals surface area contributed by atoms with E-state index in [4.69, 9.17) is 14.6 Å². The van der Waals surface area contributed by atoms with E-state index >= 15 is 0 Å². The van der Waals surface area contributed by atoms with Crippen molar-refractivity contribution in [2.24, 2.45) is 0 Å². The van der Waals surface area contributed by atoms with Gasteiger partial charge < -0.3 is 29.9 Å². The van der Waals surface area contributed by atoms with E-state index in [9.17, 15) is 24.9 Å². The van der Waals surface area contributed by atoms with E-state index in [0.29, 0.717) is 16.9 Å². The van der Waals surface area contributed by atoms with Crippen molar-refractivity contribution in [1.29, 1.82) is 0 Å². The molecule has 0 aromatic heterocycles. The number of carbonyl (C=O) groups is 2. The molecule has 0 amide bonds. The number of ether oxygens (including phenoxy) is 2. The number of aryl methyl sites for hydroxylation is 1. The van der Waals surface area contributed by atoms with E-state index < -0.39 is 29.2 Å². The molecule has 0 radical (unpaired) electrons. The Hall–Kier alpha value is -3.10. The highest BCUT2D eigenvalue weighted by Gasteiger charge is 2.50. The van der Waals surface area contributed by atoms with Gasteiger partial charge in [-0.3, -0.25) is 4.79 Å². The van der Waals surface area contributed by atoms with Crippen molar-refractivity contribution in [2.45, 2.75) is 32.0 Å². The first kappa shape index (κ1) is 20.6. The predicted octanol–water partition coefficient (Wildman–Crippen LogP) is 1.41. The third-order valence-electron chi connectivity index (χ3n) is 5.06. The third kappa shape index (κ3) is 3.76. The van der Waals surface area contributed by atoms with E-state index in [2.05, 4.69) is 0 Å². The molecule has 0 spiro atoms. The zero-order chi connectivity index (χ0) is 21.3. The Balaban J connectivity index is 1.91. The van der Waals surface area contributed by atoms with Gasteiger partial charge in [0, 0.05) is 18.1 Å². The van der Waals surface area contributed by atoms with Crippen LogP contribution in [0.3, 0.4) is 0 Å². The summed E-state index contributed by atoms with van der Waals surface area (Å²) in [5.41, 5.74) is -0.928. The minimum atomic E-state index is -1.86. The summed E-state index contributed by atoms with van der Waals surface area (Å²) in [6.45, 7) is 2.60. The Morgan fingerprint density at radius 2 is 2.10 bits per heavy atom. The van der Waals surface area contributed by atoms with Crippen LogP contribution in [0, 0.1) is 6.92 Å². The van der Waals surface area contributed by atoms with Gasteiger partial charge in [-0.2, -0.15) is 0 Å². The molecule has 1 aliphatic heterocycles. The van der Waals surface area contributed by atoms with Crippen molar-refractivity contribution >= 4 is 11.8 Å². The summed E-state index contributed by atoms with van der Waals surface area (Å²) in [4.78, 5) is 25.7. The molecule has 3 rings (SSSR count). The lowest BCUT2D eigenvalue weighted by atomic mass is 9.77. The number of Topliss-reactive ketones (excluding diaryl/α,β-unsaturated/α-hetero) is 1. The molecule has 1 aliphatic carbocycles. The maximum atomic E-state index is 13.0. The average molecular weight is 402 g/mol. The lowest BCUT2D eigenvalue weighted by molar-refractivity contribution is -0.147. The van der Waals surface area contributed by atoms with Crippen molar-refractivity contribution in [3.63, 3.8) is 0 Å². The summed E-state index contributed by atoms with van der Waals surface area (Å²) < 4.78 is 10.9. The monoisotopic (exact) mass is 402 g/mol. The van der Waals surface area contributed by atoms with Crippen LogP contribution in [0.1, 0.15) is 29.3 Å². The first-order valence-electron chi connectivity index (χ1n) is 9.00. The fraction of sp³-hybridized carbons (Fsp3) is 0.333. The zero-order valence-electron chi connectivity index (χ0n) is 16.0. The van der Waals surface area contributed by atoms with Crippen LogP contribution in [0.15, 0.2) is 47.3 Å². The number of esters is 1. The number of allylic oxidation sites excluding steroid dienone is 2. The second-order valence-electron chi connectivity index (χ2n) is 7.13. The molecule has 8 nitrogen and oxygen atoms in total. The van der Waals surface area contributed by atoms with Crippen LogP contribution in [-0.4, -0.2) is 57.1 Å². The second kappa shape index (κ2) is 7.73. The van der Waals surface area contributed by atoms with Gasteiger partial charge in [0.15, 0.2) is 5.60 Å². The molecule has 29 heavy (non-hydrogen) atoms. The molecule has 8 heteroatoms. The fourth-order valence-electron chi connectivity index (χ4n) is 3.43. The minimum absolute atomic E-state index is 0.0564. The van der Waals surface area contributed by atoms with Crippen LogP contribution in [0.5, 0.6) is 11.5 Å². The Bertz CT molecular complexity index is 932. The number of hydrogen-bond acceptors (Lipinski definition) is 8. The molecule has 2 aliphatic rings. The van der Waals surface area contributed by atoms with Gasteiger partial charge in [-0.1, -0.05) is 6.08 Å². The molecular formula is C21H22O8. The highest BCUT2D eigenvalue weighted by Crippen LogP contribution is 2.38. The maximum absolute atomic E-state index is 13.0. The fourth-order valence-corrected chi connectivity index (χ4v) is 3.43. The van der Waals surface area contributed by atoms with E-state index in [1.807, 2.05) is 0 Å². The highest BCUT2D eigenvalue weighted by molar-refractivity contribution is 6.07. The van der Waals surface area contributed by atoms with Gasteiger partial charge in [-0.05, 0) is 43.2 Å². The van der Waals surface area contributed by atoms with Crippen molar-refractivity contribution < 1.29 is 39.5 Å². The van der Waals surface area contributed by atoms with Crippen molar-refractivity contribution in [2.75, 3.05) is 13.2 Å². The molecule has 1 heterocycles. The molecule has 2 atom stereocenters. The van der Waals surface area contributed by atoms with E-state index in [-0.39, 0.29) is 36.5 Å². The Morgan fingerprint density at radius 3 is 2.76 bits per heavy atom. The van der Waals surface area contributed by atoms with Gasteiger partial charge >= 0.3 is 5.97 Å². The zero-order valence-corrected chi connectivity index (χ0v) is 16.0. The molecule has 0 bridgehead atoms. The summed E-state index contributed by atoms with van der Waals surface area (Å²) in [6.07, 6.45) is 3.39. The van der Waals surface area contributed by atoms with E-state index in [1.54, 1.807) is 12.2 Å². The third-order valence-corrected chi connectivity index (χ3v) is 5.06. The SMILES string of the molecule is Cc1cc(O)cc(O)c1C(=O)O[C@@]1(C)C(=O)C2=C(C=C(/C=C\CO)OC2)C[C@H]1O. The van der Waals surface area contributed by atoms with Crippen molar-refractivity contribution in [3.8, 4) is 11.5 Å². The molecule has 1 aromatic carbocycles. The van der Waals surface area contributed by atoms with Gasteiger partial charge in [0.1, 0.15) is 35.5 Å². The van der Waals surface area contributed by atoms with Gasteiger partial charge in [0.05, 0.1) is 6.61 Å². The van der Waals surface area contributed by atoms with Crippen molar-refractivity contribution in [3.05, 3.63) is 58.4 Å². The van der Waals surface area contributed by atoms with Crippen LogP contribution in [0.25, 0.3) is 0 Å². The molecular weight excluding hydrogens is 380 g/mol. The van der Waals surface area contributed by atoms with E-state index in [0.717, 1.165) is 6.07 Å². The van der Waals surface area contributed by atoms with Crippen molar-refractivity contribution in [1.82, 2.24) is 0 Å². The number of phenolic OH excluding ortho intramolecular Hbond substituents is 2. The number of aliphatic hydroxyl groups is 2. The largest absolute Gasteiger partial charge is 0.508 e. The number of aliphatic hydroxyl groups excluding tert-OH is 2. The van der Waals surface area contributed by atoms with Gasteiger partial charge in [0.25, 0.3) is 0 Å². The lowest BCUT2D eigenvalue weighted by Crippen LogP contribution is -2.54. The Labute approximate surface area is 167 Å². The van der Waals surface area contributed by atoms with Crippen LogP contribution < -0.4 is 0 Å². The van der Waals surface area contributed by atoms with Gasteiger partial charge in [-0.25, -0.2) is 4.79 Å². The molecule has 4 N–H and O–H groups in total. The van der Waals surface area contributed by atoms with Crippen LogP contribution >= 0.6 is 0 Å². The number of phenols is 2. The molecule has 0 saturated carbocycles. The standard InChI is InChI=1S/C21H22O8/c1-11-6-13(23)9-16(24)18(11)20(27)29-21(2)17(25)8-12-7-14(4-3-5-22)28-10-15(12)19(21)26/h3-4,6-7,9,17,22-25H,5,8,10H2,1-2H3/b4-3-/t17-,21-/m1/s1. The Kier molecular flexibility index (Phi) is 5.50. The maximum Gasteiger partial charge on any atom is 0.343 e. The number of carbonyl (C=O) groups excluding carboxylic acids is 2. The first-order valence-corrected chi connectivity index (χ1v) is 9.00. The smallest absolute Gasteiger partial charge is 0.343 e. The first-order chi connectivity index (χ1) is 13.7. The Morgan fingerprint density at radius 1 is 1.38 bits per heavy atom. The number of hydrogen-bond donors (Lipinski definition) is 4. The summed E-state index contributed by atoms with van der Waals surface area (Å²) in [5.74, 6) is -1.83. The quantitative estimate of drug-likeness (QED) is 0.556. The summed E-state index contributed by atoms with van der Waals surface area (Å²) in [5, 5.41) is 39.0. The number of benzene rings is 1. The lowest BCUT2D eigenvalue weighted by Gasteiger charge is -2.39. The average Bonchev–Trinajstić information content (AvgIpc) is 2.64. The number of rotatable bonds is 4. The number of ketones is 1. The molecule has 0 unspecified atom stereocenters. The topological polar surface area (TPSA) is 134 Å². The van der Waals surface area contributed by atoms with Crippen LogP contribution in [0.4, 0.5) is 0 Å². The van der Waals surface area contributed by atoms with Crippen LogP contribution in [-0.2, 0) is 14.3 Å². The van der Waals surface area contributed by atoms with Crippen LogP contribution in [0.2, 0.25) is 0 Å². The van der Waals surface area contributed by atoms with Gasteiger partial charge in [-0.15, -0.1) is 0 Å². The van der Waals surface area contributed by atoms with Gasteiger partial charge in [0.2, 0.25) is 5.78 Å². The second-order valence-corrected chi connectivity index (χ2v) is 7.13. The summed E-state index contributed by atoms with van der Waals surface area (Å²) >= 11 is 0. The molecule has 0 fully saturated rings. The molecule has 154 valence electrons. The predicted molar refractivity (Wildman–Crippen MR) is 101 cm³/mol. The summed E-state index contributed by atoms with van der Waals surface area (Å²) in [6, 6.07) is 2.27. The highest BCUT2D eigenvalue weighted by atomic mass is 16.6. The normalized spacial score (nSPS) is 24.2. The van der Waals surface area contributed by atoms with E-state index in [1.165, 1.54) is 26.0 Å². The minimum Gasteiger partial charge on any atom is -0.508 e. The summed E-state index contributed by atoms with van der Waals surface area (Å²) in [7, 11) is 0.